The number of ether oxygens (including phenoxy) is 1. The molecule has 1 atom stereocenters. The maximum atomic E-state index is 9.32. The van der Waals surface area contributed by atoms with Crippen LogP contribution >= 0.6 is 0 Å². The normalized spacial score (nSPS) is 12.7. The number of hydrogen-bond acceptors (Lipinski definition) is 4. The highest BCUT2D eigenvalue weighted by Gasteiger charge is 2.01. The summed E-state index contributed by atoms with van der Waals surface area (Å²) >= 11 is 0. The quantitative estimate of drug-likeness (QED) is 0.681. The lowest BCUT2D eigenvalue weighted by atomic mass is 10.3. The Labute approximate surface area is 83.9 Å². The van der Waals surface area contributed by atoms with E-state index in [0.717, 1.165) is 5.56 Å². The molecule has 0 bridgehead atoms. The summed E-state index contributed by atoms with van der Waals surface area (Å²) < 4.78 is 4.80. The second-order valence-electron chi connectivity index (χ2n) is 3.10. The van der Waals surface area contributed by atoms with Crippen molar-refractivity contribution in [1.29, 1.82) is 0 Å². The van der Waals surface area contributed by atoms with Gasteiger partial charge in [0.1, 0.15) is 0 Å². The average molecular weight is 196 g/mol. The van der Waals surface area contributed by atoms with E-state index >= 15 is 0 Å². The number of nitrogens with one attached hydrogen (secondary N) is 1. The van der Waals surface area contributed by atoms with E-state index in [1.807, 2.05) is 12.1 Å². The van der Waals surface area contributed by atoms with Crippen molar-refractivity contribution < 1.29 is 9.84 Å². The Morgan fingerprint density at radius 2 is 2.50 bits per heavy atom. The SMILES string of the molecule is COCC(O)CNCc1cccnc1. The number of aliphatic hydroxyl groups is 1. The molecular weight excluding hydrogens is 180 g/mol. The molecule has 14 heavy (non-hydrogen) atoms. The zero-order chi connectivity index (χ0) is 10.2. The molecule has 0 aromatic carbocycles. The number of methoxy groups -OCH3 is 1. The van der Waals surface area contributed by atoms with Crippen molar-refractivity contribution in [2.24, 2.45) is 0 Å². The second kappa shape index (κ2) is 6.48. The first-order chi connectivity index (χ1) is 6.83. The molecule has 0 aliphatic carbocycles. The molecule has 1 aromatic heterocycles. The van der Waals surface area contributed by atoms with Gasteiger partial charge in [-0.2, -0.15) is 0 Å². The summed E-state index contributed by atoms with van der Waals surface area (Å²) in [5, 5.41) is 12.4. The minimum Gasteiger partial charge on any atom is -0.389 e. The van der Waals surface area contributed by atoms with E-state index in [1.165, 1.54) is 0 Å². The van der Waals surface area contributed by atoms with Gasteiger partial charge in [-0.25, -0.2) is 0 Å². The Morgan fingerprint density at radius 3 is 3.14 bits per heavy atom. The van der Waals surface area contributed by atoms with Gasteiger partial charge >= 0.3 is 0 Å². The van der Waals surface area contributed by atoms with Gasteiger partial charge in [0.25, 0.3) is 0 Å². The number of nitrogens with zero attached hydrogens (tertiary/aromatic N) is 1. The summed E-state index contributed by atoms with van der Waals surface area (Å²) in [4.78, 5) is 3.99. The fraction of sp³-hybridized carbons (Fsp3) is 0.500. The van der Waals surface area contributed by atoms with Crippen LogP contribution in [-0.2, 0) is 11.3 Å². The highest BCUT2D eigenvalue weighted by molar-refractivity contribution is 5.07. The van der Waals surface area contributed by atoms with Crippen LogP contribution in [-0.4, -0.2) is 36.5 Å². The number of rotatable bonds is 6. The highest BCUT2D eigenvalue weighted by Crippen LogP contribution is 1.94. The van der Waals surface area contributed by atoms with E-state index in [2.05, 4.69) is 10.3 Å². The van der Waals surface area contributed by atoms with Crippen molar-refractivity contribution in [2.45, 2.75) is 12.6 Å². The topological polar surface area (TPSA) is 54.4 Å². The van der Waals surface area contributed by atoms with Crippen LogP contribution in [0.5, 0.6) is 0 Å². The van der Waals surface area contributed by atoms with Gasteiger partial charge < -0.3 is 15.2 Å². The van der Waals surface area contributed by atoms with Crippen LogP contribution in [0.4, 0.5) is 0 Å². The van der Waals surface area contributed by atoms with Crippen LogP contribution < -0.4 is 5.32 Å². The lowest BCUT2D eigenvalue weighted by molar-refractivity contribution is 0.0644. The number of pyridine rings is 1. The van der Waals surface area contributed by atoms with Gasteiger partial charge in [-0.3, -0.25) is 4.98 Å². The Hall–Kier alpha value is -0.970. The van der Waals surface area contributed by atoms with Gasteiger partial charge in [0.2, 0.25) is 0 Å². The molecule has 0 aliphatic rings. The van der Waals surface area contributed by atoms with Gasteiger partial charge in [-0.1, -0.05) is 6.07 Å². The fourth-order valence-corrected chi connectivity index (χ4v) is 1.14. The average Bonchev–Trinajstić information content (AvgIpc) is 2.20. The van der Waals surface area contributed by atoms with E-state index in [9.17, 15) is 5.11 Å². The van der Waals surface area contributed by atoms with Crippen LogP contribution in [0.2, 0.25) is 0 Å². The lowest BCUT2D eigenvalue weighted by Crippen LogP contribution is -2.29. The third kappa shape index (κ3) is 4.32. The Morgan fingerprint density at radius 1 is 1.64 bits per heavy atom. The summed E-state index contributed by atoms with van der Waals surface area (Å²) in [6.45, 7) is 1.61. The van der Waals surface area contributed by atoms with Crippen molar-refractivity contribution in [1.82, 2.24) is 10.3 Å². The van der Waals surface area contributed by atoms with Crippen molar-refractivity contribution >= 4 is 0 Å². The van der Waals surface area contributed by atoms with Crippen molar-refractivity contribution in [2.75, 3.05) is 20.3 Å². The number of hydrogen-bond donors (Lipinski definition) is 2. The van der Waals surface area contributed by atoms with Crippen LogP contribution in [0, 0.1) is 0 Å². The largest absolute Gasteiger partial charge is 0.389 e. The smallest absolute Gasteiger partial charge is 0.0897 e. The van der Waals surface area contributed by atoms with E-state index in [0.29, 0.717) is 19.7 Å². The maximum Gasteiger partial charge on any atom is 0.0897 e. The number of aliphatic hydroxyl groups excluding tert-OH is 1. The second-order valence-corrected chi connectivity index (χ2v) is 3.10. The van der Waals surface area contributed by atoms with Gasteiger partial charge in [-0.05, 0) is 11.6 Å². The molecule has 1 rings (SSSR count). The zero-order valence-electron chi connectivity index (χ0n) is 8.31. The first-order valence-electron chi connectivity index (χ1n) is 4.59. The molecule has 0 aliphatic heterocycles. The minimum absolute atomic E-state index is 0.361. The molecule has 2 N–H and O–H groups in total. The Kier molecular flexibility index (Phi) is 5.14. The third-order valence-corrected chi connectivity index (χ3v) is 1.79. The van der Waals surface area contributed by atoms with Gasteiger partial charge in [0.15, 0.2) is 0 Å². The molecular formula is C10H16N2O2. The van der Waals surface area contributed by atoms with Crippen molar-refractivity contribution in [3.05, 3.63) is 30.1 Å². The fourth-order valence-electron chi connectivity index (χ4n) is 1.14. The molecule has 4 heteroatoms. The minimum atomic E-state index is -0.448. The molecule has 0 spiro atoms. The molecule has 0 saturated carbocycles. The molecule has 0 amide bonds. The number of aromatic nitrogens is 1. The van der Waals surface area contributed by atoms with E-state index < -0.39 is 6.10 Å². The van der Waals surface area contributed by atoms with Gasteiger partial charge in [0, 0.05) is 32.6 Å². The summed E-state index contributed by atoms with van der Waals surface area (Å²) in [5.41, 5.74) is 1.11. The van der Waals surface area contributed by atoms with Gasteiger partial charge in [-0.15, -0.1) is 0 Å². The predicted molar refractivity (Wildman–Crippen MR) is 53.8 cm³/mol. The predicted octanol–water partition coefficient (Wildman–Crippen LogP) is 0.178. The van der Waals surface area contributed by atoms with E-state index in [-0.39, 0.29) is 0 Å². The van der Waals surface area contributed by atoms with E-state index in [1.54, 1.807) is 19.5 Å². The molecule has 0 fully saturated rings. The molecule has 1 aromatic rings. The molecule has 4 nitrogen and oxygen atoms in total. The standard InChI is InChI=1S/C10H16N2O2/c1-14-8-10(13)7-12-6-9-3-2-4-11-5-9/h2-5,10,12-13H,6-8H2,1H3. The van der Waals surface area contributed by atoms with Crippen molar-refractivity contribution in [3.8, 4) is 0 Å². The summed E-state index contributed by atoms with van der Waals surface area (Å²) in [6, 6.07) is 3.88. The van der Waals surface area contributed by atoms with Gasteiger partial charge in [0.05, 0.1) is 12.7 Å². The molecule has 0 saturated heterocycles. The summed E-state index contributed by atoms with van der Waals surface area (Å²) in [5.74, 6) is 0. The summed E-state index contributed by atoms with van der Waals surface area (Å²) in [7, 11) is 1.57. The molecule has 0 radical (unpaired) electrons. The zero-order valence-corrected chi connectivity index (χ0v) is 8.31. The molecule has 1 unspecified atom stereocenters. The van der Waals surface area contributed by atoms with Crippen LogP contribution in [0.15, 0.2) is 24.5 Å². The lowest BCUT2D eigenvalue weighted by Gasteiger charge is -2.10. The maximum absolute atomic E-state index is 9.32. The monoisotopic (exact) mass is 196 g/mol. The Balaban J connectivity index is 2.16. The highest BCUT2D eigenvalue weighted by atomic mass is 16.5. The van der Waals surface area contributed by atoms with Crippen molar-refractivity contribution in [3.63, 3.8) is 0 Å². The van der Waals surface area contributed by atoms with Crippen LogP contribution in [0.3, 0.4) is 0 Å². The molecule has 78 valence electrons. The first kappa shape index (κ1) is 11.1. The first-order valence-corrected chi connectivity index (χ1v) is 4.59. The Bertz CT molecular complexity index is 241. The van der Waals surface area contributed by atoms with E-state index in [4.69, 9.17) is 4.74 Å². The van der Waals surface area contributed by atoms with Crippen LogP contribution in [0.25, 0.3) is 0 Å². The van der Waals surface area contributed by atoms with Crippen LogP contribution in [0.1, 0.15) is 5.56 Å². The summed E-state index contributed by atoms with van der Waals surface area (Å²) in [6.07, 6.45) is 3.09. The molecule has 1 heterocycles. The third-order valence-electron chi connectivity index (χ3n) is 1.79.